The Morgan fingerprint density at radius 3 is 2.62 bits per heavy atom. The van der Waals surface area contributed by atoms with Crippen molar-refractivity contribution in [2.45, 2.75) is 0 Å². The van der Waals surface area contributed by atoms with Crippen molar-refractivity contribution < 1.29 is 9.53 Å². The smallest absolute Gasteiger partial charge is 0.336 e. The lowest BCUT2D eigenvalue weighted by Crippen LogP contribution is -2.02. The van der Waals surface area contributed by atoms with Crippen LogP contribution in [0.25, 0.3) is 0 Å². The second-order valence-corrected chi connectivity index (χ2v) is 2.33. The van der Waals surface area contributed by atoms with Gasteiger partial charge in [-0.1, -0.05) is 36.9 Å². The molecule has 0 aliphatic heterocycles. The second kappa shape index (κ2) is 4.93. The Balaban J connectivity index is 2.55. The number of rotatable bonds is 3. The van der Waals surface area contributed by atoms with Gasteiger partial charge in [-0.05, 0) is 12.1 Å². The fourth-order valence-corrected chi connectivity index (χ4v) is 0.785. The maximum absolute atomic E-state index is 11.0. The van der Waals surface area contributed by atoms with E-state index in [9.17, 15) is 4.79 Å². The number of allylic oxidation sites excluding steroid dienone is 2. The second-order valence-electron chi connectivity index (χ2n) is 2.33. The maximum atomic E-state index is 11.0. The van der Waals surface area contributed by atoms with Crippen LogP contribution in [0.1, 0.15) is 0 Å². The predicted octanol–water partition coefficient (Wildman–Crippen LogP) is 2.33. The molecule has 0 amide bonds. The highest BCUT2D eigenvalue weighted by molar-refractivity contribution is 5.84. The summed E-state index contributed by atoms with van der Waals surface area (Å²) in [5.41, 5.74) is 0. The van der Waals surface area contributed by atoms with Crippen molar-refractivity contribution >= 4 is 5.97 Å². The summed E-state index contributed by atoms with van der Waals surface area (Å²) in [7, 11) is 0. The van der Waals surface area contributed by atoms with Crippen LogP contribution in [0.3, 0.4) is 0 Å². The molecule has 0 fully saturated rings. The van der Waals surface area contributed by atoms with E-state index in [1.54, 1.807) is 24.3 Å². The summed E-state index contributed by atoms with van der Waals surface area (Å²) in [6.07, 6.45) is 4.37. The number of para-hydroxylation sites is 1. The van der Waals surface area contributed by atoms with Crippen LogP contribution in [-0.2, 0) is 4.79 Å². The molecule has 2 heteroatoms. The SMILES string of the molecule is C=C/C=C/C(=O)Oc1ccccc1. The zero-order valence-electron chi connectivity index (χ0n) is 7.14. The van der Waals surface area contributed by atoms with Crippen molar-refractivity contribution in [1.29, 1.82) is 0 Å². The Labute approximate surface area is 77.2 Å². The molecule has 0 spiro atoms. The summed E-state index contributed by atoms with van der Waals surface area (Å²) in [4.78, 5) is 11.0. The van der Waals surface area contributed by atoms with Crippen molar-refractivity contribution in [2.24, 2.45) is 0 Å². The van der Waals surface area contributed by atoms with E-state index in [2.05, 4.69) is 6.58 Å². The molecule has 0 aliphatic carbocycles. The molecule has 0 heterocycles. The molecule has 0 bridgehead atoms. The summed E-state index contributed by atoms with van der Waals surface area (Å²) in [5, 5.41) is 0. The van der Waals surface area contributed by atoms with Crippen LogP contribution >= 0.6 is 0 Å². The fourth-order valence-electron chi connectivity index (χ4n) is 0.785. The standard InChI is InChI=1S/C11H10O2/c1-2-3-9-11(12)13-10-7-5-4-6-8-10/h2-9H,1H2/b9-3+. The van der Waals surface area contributed by atoms with Gasteiger partial charge in [0.15, 0.2) is 0 Å². The van der Waals surface area contributed by atoms with Crippen molar-refractivity contribution in [2.75, 3.05) is 0 Å². The highest BCUT2D eigenvalue weighted by atomic mass is 16.5. The van der Waals surface area contributed by atoms with Gasteiger partial charge in [0.05, 0.1) is 0 Å². The largest absolute Gasteiger partial charge is 0.423 e. The van der Waals surface area contributed by atoms with Crippen LogP contribution in [0.4, 0.5) is 0 Å². The Hall–Kier alpha value is -1.83. The zero-order valence-corrected chi connectivity index (χ0v) is 7.14. The van der Waals surface area contributed by atoms with Crippen LogP contribution in [0.5, 0.6) is 5.75 Å². The third-order valence-electron chi connectivity index (χ3n) is 1.33. The average Bonchev–Trinajstić information content (AvgIpc) is 2.16. The molecule has 13 heavy (non-hydrogen) atoms. The first-order valence-corrected chi connectivity index (χ1v) is 3.89. The molecular weight excluding hydrogens is 164 g/mol. The van der Waals surface area contributed by atoms with Crippen LogP contribution in [0.15, 0.2) is 55.1 Å². The third-order valence-corrected chi connectivity index (χ3v) is 1.33. The van der Waals surface area contributed by atoms with Gasteiger partial charge >= 0.3 is 5.97 Å². The molecule has 2 nitrogen and oxygen atoms in total. The number of benzene rings is 1. The molecule has 0 unspecified atom stereocenters. The Kier molecular flexibility index (Phi) is 3.51. The molecule has 1 rings (SSSR count). The van der Waals surface area contributed by atoms with E-state index in [4.69, 9.17) is 4.74 Å². The van der Waals surface area contributed by atoms with E-state index in [0.717, 1.165) is 0 Å². The molecule has 66 valence electrons. The van der Waals surface area contributed by atoms with E-state index in [0.29, 0.717) is 5.75 Å². The van der Waals surface area contributed by atoms with Gasteiger partial charge in [-0.25, -0.2) is 4.79 Å². The van der Waals surface area contributed by atoms with E-state index >= 15 is 0 Å². The molecule has 0 radical (unpaired) electrons. The lowest BCUT2D eigenvalue weighted by Gasteiger charge is -1.98. The number of ether oxygens (including phenoxy) is 1. The first-order valence-electron chi connectivity index (χ1n) is 3.89. The van der Waals surface area contributed by atoms with Crippen molar-refractivity contribution in [3.05, 3.63) is 55.1 Å². The Bertz CT molecular complexity index is 312. The number of hydrogen-bond donors (Lipinski definition) is 0. The van der Waals surface area contributed by atoms with Crippen LogP contribution in [-0.4, -0.2) is 5.97 Å². The molecule has 0 saturated carbocycles. The quantitative estimate of drug-likeness (QED) is 0.304. The van der Waals surface area contributed by atoms with Crippen molar-refractivity contribution in [3.8, 4) is 5.75 Å². The fraction of sp³-hybridized carbons (Fsp3) is 0. The van der Waals surface area contributed by atoms with E-state index in [1.165, 1.54) is 18.2 Å². The minimum atomic E-state index is -0.397. The summed E-state index contributed by atoms with van der Waals surface area (Å²) in [5.74, 6) is 0.146. The molecule has 0 N–H and O–H groups in total. The topological polar surface area (TPSA) is 26.3 Å². The van der Waals surface area contributed by atoms with Gasteiger partial charge in [-0.15, -0.1) is 0 Å². The van der Waals surface area contributed by atoms with E-state index < -0.39 is 5.97 Å². The Morgan fingerprint density at radius 1 is 1.31 bits per heavy atom. The van der Waals surface area contributed by atoms with Gasteiger partial charge in [-0.3, -0.25) is 0 Å². The van der Waals surface area contributed by atoms with Gasteiger partial charge in [0, 0.05) is 6.08 Å². The lowest BCUT2D eigenvalue weighted by molar-refractivity contribution is -0.128. The lowest BCUT2D eigenvalue weighted by atomic mass is 10.3. The summed E-state index contributed by atoms with van der Waals surface area (Å²) in [6, 6.07) is 8.91. The summed E-state index contributed by atoms with van der Waals surface area (Å²) in [6.45, 7) is 3.45. The molecule has 1 aromatic carbocycles. The molecule has 0 saturated heterocycles. The number of carbonyl (C=O) groups excluding carboxylic acids is 1. The molecule has 1 aromatic rings. The Morgan fingerprint density at radius 2 is 2.00 bits per heavy atom. The summed E-state index contributed by atoms with van der Waals surface area (Å²) < 4.78 is 4.94. The zero-order chi connectivity index (χ0) is 9.52. The first-order chi connectivity index (χ1) is 6.33. The summed E-state index contributed by atoms with van der Waals surface area (Å²) >= 11 is 0. The minimum absolute atomic E-state index is 0.397. The first kappa shape index (κ1) is 9.26. The van der Waals surface area contributed by atoms with E-state index in [-0.39, 0.29) is 0 Å². The van der Waals surface area contributed by atoms with Crippen LogP contribution in [0, 0.1) is 0 Å². The third kappa shape index (κ3) is 3.38. The van der Waals surface area contributed by atoms with Gasteiger partial charge in [0.1, 0.15) is 5.75 Å². The van der Waals surface area contributed by atoms with Crippen molar-refractivity contribution in [1.82, 2.24) is 0 Å². The highest BCUT2D eigenvalue weighted by Gasteiger charge is 1.96. The van der Waals surface area contributed by atoms with Crippen molar-refractivity contribution in [3.63, 3.8) is 0 Å². The van der Waals surface area contributed by atoms with Crippen LogP contribution < -0.4 is 4.74 Å². The predicted molar refractivity (Wildman–Crippen MR) is 51.4 cm³/mol. The van der Waals surface area contributed by atoms with Gasteiger partial charge in [0.25, 0.3) is 0 Å². The molecular formula is C11H10O2. The van der Waals surface area contributed by atoms with Gasteiger partial charge < -0.3 is 4.74 Å². The maximum Gasteiger partial charge on any atom is 0.336 e. The van der Waals surface area contributed by atoms with Gasteiger partial charge in [-0.2, -0.15) is 0 Å². The number of hydrogen-bond acceptors (Lipinski definition) is 2. The number of esters is 1. The average molecular weight is 174 g/mol. The molecule has 0 atom stereocenters. The highest BCUT2D eigenvalue weighted by Crippen LogP contribution is 2.08. The van der Waals surface area contributed by atoms with Crippen LogP contribution in [0.2, 0.25) is 0 Å². The minimum Gasteiger partial charge on any atom is -0.423 e. The normalized spacial score (nSPS) is 9.85. The van der Waals surface area contributed by atoms with Gasteiger partial charge in [0.2, 0.25) is 0 Å². The number of carbonyl (C=O) groups is 1. The monoisotopic (exact) mass is 174 g/mol. The molecule has 0 aromatic heterocycles. The van der Waals surface area contributed by atoms with E-state index in [1.807, 2.05) is 6.07 Å². The molecule has 0 aliphatic rings.